The van der Waals surface area contributed by atoms with Crippen LogP contribution in [0.4, 0.5) is 0 Å². The standard InChI is InChI=1S/C21H22N2O4/c1-26-17-5-6-18-16(12-17)11-14(21(25)22-18)4-7-20(24)23-9-8-15(13-23)19-3-2-10-27-19/h2-3,5-6,10-12,15H,4,7-9,13H2,1H3,(H,22,25). The molecule has 1 aromatic carbocycles. The van der Waals surface area contributed by atoms with Crippen molar-refractivity contribution >= 4 is 16.8 Å². The average molecular weight is 366 g/mol. The first-order chi connectivity index (χ1) is 13.1. The number of aromatic amines is 1. The van der Waals surface area contributed by atoms with Crippen molar-refractivity contribution in [1.29, 1.82) is 0 Å². The highest BCUT2D eigenvalue weighted by atomic mass is 16.5. The van der Waals surface area contributed by atoms with E-state index in [1.165, 1.54) is 0 Å². The van der Waals surface area contributed by atoms with Crippen molar-refractivity contribution in [3.63, 3.8) is 0 Å². The maximum absolute atomic E-state index is 12.6. The number of fused-ring (bicyclic) bond motifs is 1. The molecule has 1 aliphatic rings. The van der Waals surface area contributed by atoms with E-state index in [1.54, 1.807) is 13.4 Å². The Morgan fingerprint density at radius 3 is 3.00 bits per heavy atom. The molecule has 1 unspecified atom stereocenters. The Balaban J connectivity index is 1.43. The van der Waals surface area contributed by atoms with Gasteiger partial charge in [0.25, 0.3) is 5.56 Å². The summed E-state index contributed by atoms with van der Waals surface area (Å²) in [6, 6.07) is 11.2. The number of methoxy groups -OCH3 is 1. The molecule has 4 rings (SSSR count). The van der Waals surface area contributed by atoms with E-state index in [1.807, 2.05) is 41.3 Å². The van der Waals surface area contributed by atoms with Crippen molar-refractivity contribution in [3.8, 4) is 5.75 Å². The van der Waals surface area contributed by atoms with Crippen LogP contribution in [0, 0.1) is 0 Å². The fraction of sp³-hybridized carbons (Fsp3) is 0.333. The number of benzene rings is 1. The van der Waals surface area contributed by atoms with Crippen LogP contribution in [0.25, 0.3) is 10.9 Å². The van der Waals surface area contributed by atoms with Crippen molar-refractivity contribution in [1.82, 2.24) is 9.88 Å². The van der Waals surface area contributed by atoms with Gasteiger partial charge >= 0.3 is 0 Å². The normalized spacial score (nSPS) is 16.8. The zero-order valence-corrected chi connectivity index (χ0v) is 15.2. The molecule has 1 aliphatic heterocycles. The molecule has 1 saturated heterocycles. The summed E-state index contributed by atoms with van der Waals surface area (Å²) in [4.78, 5) is 29.6. The van der Waals surface area contributed by atoms with Gasteiger partial charge in [-0.1, -0.05) is 0 Å². The molecule has 6 nitrogen and oxygen atoms in total. The molecule has 0 saturated carbocycles. The molecule has 3 heterocycles. The minimum absolute atomic E-state index is 0.0780. The lowest BCUT2D eigenvalue weighted by molar-refractivity contribution is -0.130. The molecule has 1 fully saturated rings. The van der Waals surface area contributed by atoms with Crippen molar-refractivity contribution in [2.24, 2.45) is 0 Å². The third kappa shape index (κ3) is 3.60. The first-order valence-corrected chi connectivity index (χ1v) is 9.15. The second-order valence-corrected chi connectivity index (χ2v) is 6.92. The van der Waals surface area contributed by atoms with Crippen LogP contribution in [0.2, 0.25) is 0 Å². The number of amides is 1. The molecule has 27 heavy (non-hydrogen) atoms. The minimum atomic E-state index is -0.143. The Labute approximate surface area is 156 Å². The van der Waals surface area contributed by atoms with Crippen LogP contribution in [0.15, 0.2) is 51.9 Å². The summed E-state index contributed by atoms with van der Waals surface area (Å²) in [6.45, 7) is 1.41. The Bertz CT molecular complexity index is 1010. The van der Waals surface area contributed by atoms with Gasteiger partial charge in [-0.2, -0.15) is 0 Å². The number of hydrogen-bond acceptors (Lipinski definition) is 4. The summed E-state index contributed by atoms with van der Waals surface area (Å²) in [5.41, 5.74) is 1.23. The van der Waals surface area contributed by atoms with Gasteiger partial charge in [-0.15, -0.1) is 0 Å². The number of furan rings is 1. The second-order valence-electron chi connectivity index (χ2n) is 6.92. The molecule has 2 aromatic heterocycles. The lowest BCUT2D eigenvalue weighted by atomic mass is 10.1. The molecule has 0 spiro atoms. The predicted octanol–water partition coefficient (Wildman–Crippen LogP) is 3.08. The number of nitrogens with zero attached hydrogens (tertiary/aromatic N) is 1. The van der Waals surface area contributed by atoms with E-state index in [-0.39, 0.29) is 17.4 Å². The number of aryl methyl sites for hydroxylation is 1. The predicted molar refractivity (Wildman–Crippen MR) is 102 cm³/mol. The van der Waals surface area contributed by atoms with E-state index >= 15 is 0 Å². The summed E-state index contributed by atoms with van der Waals surface area (Å²) in [5.74, 6) is 2.01. The summed E-state index contributed by atoms with van der Waals surface area (Å²) in [5, 5.41) is 0.899. The van der Waals surface area contributed by atoms with Gasteiger partial charge in [0.1, 0.15) is 11.5 Å². The number of hydrogen-bond donors (Lipinski definition) is 1. The van der Waals surface area contributed by atoms with Crippen LogP contribution in [0.1, 0.15) is 30.1 Å². The van der Waals surface area contributed by atoms with Crippen LogP contribution >= 0.6 is 0 Å². The monoisotopic (exact) mass is 366 g/mol. The number of pyridine rings is 1. The molecule has 0 aliphatic carbocycles. The average Bonchev–Trinajstić information content (AvgIpc) is 3.37. The topological polar surface area (TPSA) is 75.5 Å². The van der Waals surface area contributed by atoms with Crippen LogP contribution in [-0.2, 0) is 11.2 Å². The van der Waals surface area contributed by atoms with E-state index in [2.05, 4.69) is 4.98 Å². The zero-order chi connectivity index (χ0) is 18.8. The lowest BCUT2D eigenvalue weighted by Gasteiger charge is -2.16. The number of carbonyl (C=O) groups is 1. The summed E-state index contributed by atoms with van der Waals surface area (Å²) >= 11 is 0. The number of aromatic nitrogens is 1. The molecule has 1 N–H and O–H groups in total. The van der Waals surface area contributed by atoms with Gasteiger partial charge in [0.2, 0.25) is 5.91 Å². The van der Waals surface area contributed by atoms with E-state index in [0.717, 1.165) is 35.4 Å². The molecule has 3 aromatic rings. The molecule has 6 heteroatoms. The summed E-state index contributed by atoms with van der Waals surface area (Å²) in [7, 11) is 1.61. The molecule has 1 amide bonds. The number of ether oxygens (including phenoxy) is 1. The first kappa shape index (κ1) is 17.4. The van der Waals surface area contributed by atoms with E-state index in [0.29, 0.717) is 24.9 Å². The summed E-state index contributed by atoms with van der Waals surface area (Å²) in [6.07, 6.45) is 3.32. The van der Waals surface area contributed by atoms with E-state index in [9.17, 15) is 9.59 Å². The number of H-pyrrole nitrogens is 1. The van der Waals surface area contributed by atoms with Gasteiger partial charge in [0.05, 0.1) is 13.4 Å². The number of rotatable bonds is 5. The van der Waals surface area contributed by atoms with Crippen molar-refractivity contribution in [2.45, 2.75) is 25.2 Å². The number of nitrogens with one attached hydrogen (secondary N) is 1. The first-order valence-electron chi connectivity index (χ1n) is 9.15. The smallest absolute Gasteiger partial charge is 0.251 e. The van der Waals surface area contributed by atoms with Gasteiger partial charge < -0.3 is 19.0 Å². The fourth-order valence-electron chi connectivity index (χ4n) is 3.68. The van der Waals surface area contributed by atoms with Crippen LogP contribution < -0.4 is 10.3 Å². The third-order valence-corrected chi connectivity index (χ3v) is 5.22. The quantitative estimate of drug-likeness (QED) is 0.753. The maximum atomic E-state index is 12.6. The second kappa shape index (κ2) is 7.31. The van der Waals surface area contributed by atoms with Gasteiger partial charge in [0, 0.05) is 41.9 Å². The maximum Gasteiger partial charge on any atom is 0.251 e. The largest absolute Gasteiger partial charge is 0.497 e. The Hall–Kier alpha value is -3.02. The lowest BCUT2D eigenvalue weighted by Crippen LogP contribution is -2.29. The molecular weight excluding hydrogens is 344 g/mol. The molecule has 1 atom stereocenters. The Morgan fingerprint density at radius 2 is 2.22 bits per heavy atom. The molecule has 0 bridgehead atoms. The van der Waals surface area contributed by atoms with Crippen LogP contribution in [0.5, 0.6) is 5.75 Å². The van der Waals surface area contributed by atoms with Crippen molar-refractivity contribution < 1.29 is 13.9 Å². The Kier molecular flexibility index (Phi) is 4.71. The fourth-order valence-corrected chi connectivity index (χ4v) is 3.68. The van der Waals surface area contributed by atoms with Gasteiger partial charge in [-0.05, 0) is 49.2 Å². The third-order valence-electron chi connectivity index (χ3n) is 5.22. The highest BCUT2D eigenvalue weighted by molar-refractivity contribution is 5.81. The zero-order valence-electron chi connectivity index (χ0n) is 15.2. The van der Waals surface area contributed by atoms with Gasteiger partial charge in [0.15, 0.2) is 0 Å². The van der Waals surface area contributed by atoms with E-state index in [4.69, 9.17) is 9.15 Å². The minimum Gasteiger partial charge on any atom is -0.497 e. The molecular formula is C21H22N2O4. The highest BCUT2D eigenvalue weighted by Crippen LogP contribution is 2.28. The summed E-state index contributed by atoms with van der Waals surface area (Å²) < 4.78 is 10.7. The van der Waals surface area contributed by atoms with Gasteiger partial charge in [-0.3, -0.25) is 9.59 Å². The van der Waals surface area contributed by atoms with Gasteiger partial charge in [-0.25, -0.2) is 0 Å². The van der Waals surface area contributed by atoms with E-state index < -0.39 is 0 Å². The highest BCUT2D eigenvalue weighted by Gasteiger charge is 2.28. The number of likely N-dealkylation sites (tertiary alicyclic amines) is 1. The van der Waals surface area contributed by atoms with Crippen LogP contribution in [-0.4, -0.2) is 36.0 Å². The number of carbonyl (C=O) groups excluding carboxylic acids is 1. The van der Waals surface area contributed by atoms with Crippen molar-refractivity contribution in [3.05, 3.63) is 64.3 Å². The Morgan fingerprint density at radius 1 is 1.33 bits per heavy atom. The molecule has 0 radical (unpaired) electrons. The molecule has 140 valence electrons. The van der Waals surface area contributed by atoms with Crippen molar-refractivity contribution in [2.75, 3.05) is 20.2 Å². The SMILES string of the molecule is COc1ccc2[nH]c(=O)c(CCC(=O)N3CCC(c4ccco4)C3)cc2c1. The van der Waals surface area contributed by atoms with Crippen LogP contribution in [0.3, 0.4) is 0 Å².